The second-order valence-corrected chi connectivity index (χ2v) is 7.56. The minimum atomic E-state index is 0.0919. The van der Waals surface area contributed by atoms with Gasteiger partial charge in [-0.15, -0.1) is 0 Å². The summed E-state index contributed by atoms with van der Waals surface area (Å²) < 4.78 is 1.84. The first-order valence-electron chi connectivity index (χ1n) is 9.93. The highest BCUT2D eigenvalue weighted by atomic mass is 16.2. The summed E-state index contributed by atoms with van der Waals surface area (Å²) in [7, 11) is 0. The first kappa shape index (κ1) is 18.4. The lowest BCUT2D eigenvalue weighted by Gasteiger charge is -2.32. The summed E-state index contributed by atoms with van der Waals surface area (Å²) >= 11 is 0. The Kier molecular flexibility index (Phi) is 5.53. The van der Waals surface area contributed by atoms with E-state index in [1.54, 1.807) is 6.20 Å². The maximum absolute atomic E-state index is 12.8. The van der Waals surface area contributed by atoms with E-state index in [-0.39, 0.29) is 5.91 Å². The lowest BCUT2D eigenvalue weighted by Crippen LogP contribution is -3.13. The van der Waals surface area contributed by atoms with Crippen LogP contribution in [0.3, 0.4) is 0 Å². The van der Waals surface area contributed by atoms with E-state index in [1.165, 1.54) is 21.6 Å². The second-order valence-electron chi connectivity index (χ2n) is 7.56. The average Bonchev–Trinajstić information content (AvgIpc) is 3.19. The molecule has 28 heavy (non-hydrogen) atoms. The van der Waals surface area contributed by atoms with Crippen LogP contribution in [0.1, 0.15) is 27.0 Å². The molecule has 2 aromatic carbocycles. The van der Waals surface area contributed by atoms with E-state index < -0.39 is 0 Å². The number of hydrogen-bond acceptors (Lipinski definition) is 2. The molecule has 5 nitrogen and oxygen atoms in total. The van der Waals surface area contributed by atoms with Gasteiger partial charge in [-0.25, -0.2) is 0 Å². The Morgan fingerprint density at radius 3 is 2.50 bits per heavy atom. The van der Waals surface area contributed by atoms with Gasteiger partial charge < -0.3 is 9.80 Å². The first-order chi connectivity index (χ1) is 13.7. The molecule has 3 aromatic rings. The maximum Gasteiger partial charge on any atom is 0.257 e. The molecule has 0 radical (unpaired) electrons. The van der Waals surface area contributed by atoms with E-state index in [2.05, 4.69) is 48.4 Å². The molecule has 1 aliphatic heterocycles. The molecule has 1 saturated heterocycles. The van der Waals surface area contributed by atoms with Gasteiger partial charge in [-0.2, -0.15) is 5.10 Å². The monoisotopic (exact) mass is 375 g/mol. The van der Waals surface area contributed by atoms with Crippen molar-refractivity contribution in [1.82, 2.24) is 14.7 Å². The molecule has 1 aromatic heterocycles. The number of aromatic nitrogens is 2. The van der Waals surface area contributed by atoms with Crippen LogP contribution < -0.4 is 4.90 Å². The smallest absolute Gasteiger partial charge is 0.257 e. The molecule has 0 aliphatic carbocycles. The molecule has 4 rings (SSSR count). The number of nitrogens with zero attached hydrogens (tertiary/aromatic N) is 3. The van der Waals surface area contributed by atoms with Gasteiger partial charge in [-0.3, -0.25) is 9.48 Å². The normalized spacial score (nSPS) is 15.0. The summed E-state index contributed by atoms with van der Waals surface area (Å²) in [5.74, 6) is 0.0919. The molecular formula is C23H27N4O+. The van der Waals surface area contributed by atoms with Crippen LogP contribution in [0.5, 0.6) is 0 Å². The van der Waals surface area contributed by atoms with Gasteiger partial charge in [-0.05, 0) is 18.1 Å². The number of piperazine rings is 1. The summed E-state index contributed by atoms with van der Waals surface area (Å²) in [6.07, 6.45) is 3.56. The number of amides is 1. The Hall–Kier alpha value is -2.92. The zero-order valence-electron chi connectivity index (χ0n) is 16.3. The van der Waals surface area contributed by atoms with Crippen LogP contribution in [-0.4, -0.2) is 46.8 Å². The van der Waals surface area contributed by atoms with E-state index in [0.29, 0.717) is 12.1 Å². The molecule has 1 amide bonds. The van der Waals surface area contributed by atoms with Gasteiger partial charge in [0.2, 0.25) is 0 Å². The van der Waals surface area contributed by atoms with E-state index in [0.717, 1.165) is 32.7 Å². The first-order valence-corrected chi connectivity index (χ1v) is 9.93. The molecule has 0 unspecified atom stereocenters. The van der Waals surface area contributed by atoms with Crippen LogP contribution >= 0.6 is 0 Å². The molecule has 2 heterocycles. The molecule has 144 valence electrons. The minimum Gasteiger partial charge on any atom is -0.328 e. The van der Waals surface area contributed by atoms with Crippen molar-refractivity contribution in [3.8, 4) is 0 Å². The van der Waals surface area contributed by atoms with Gasteiger partial charge in [0.15, 0.2) is 0 Å². The fourth-order valence-electron chi connectivity index (χ4n) is 3.79. The lowest BCUT2D eigenvalue weighted by molar-refractivity contribution is -0.917. The van der Waals surface area contributed by atoms with Gasteiger partial charge >= 0.3 is 0 Å². The van der Waals surface area contributed by atoms with Crippen molar-refractivity contribution < 1.29 is 9.69 Å². The van der Waals surface area contributed by atoms with E-state index >= 15 is 0 Å². The van der Waals surface area contributed by atoms with Crippen LogP contribution in [0.15, 0.2) is 67.0 Å². The van der Waals surface area contributed by atoms with Crippen LogP contribution in [0.2, 0.25) is 0 Å². The fraction of sp³-hybridized carbons (Fsp3) is 0.304. The topological polar surface area (TPSA) is 42.6 Å². The van der Waals surface area contributed by atoms with Crippen LogP contribution in [0, 0.1) is 6.92 Å². The Morgan fingerprint density at radius 2 is 1.75 bits per heavy atom. The Bertz CT molecular complexity index is 927. The zero-order chi connectivity index (χ0) is 19.3. The number of carbonyl (C=O) groups excluding carboxylic acids is 1. The second kappa shape index (κ2) is 8.40. The van der Waals surface area contributed by atoms with Gasteiger partial charge in [0.05, 0.1) is 44.5 Å². The van der Waals surface area contributed by atoms with Crippen LogP contribution in [0.25, 0.3) is 0 Å². The molecule has 0 bridgehead atoms. The van der Waals surface area contributed by atoms with Crippen molar-refractivity contribution in [2.24, 2.45) is 0 Å². The number of benzene rings is 2. The van der Waals surface area contributed by atoms with E-state index in [4.69, 9.17) is 0 Å². The molecule has 5 heteroatoms. The molecule has 1 aliphatic rings. The number of quaternary nitrogens is 1. The molecular weight excluding hydrogens is 348 g/mol. The van der Waals surface area contributed by atoms with Crippen molar-refractivity contribution in [2.75, 3.05) is 26.2 Å². The minimum absolute atomic E-state index is 0.0919. The quantitative estimate of drug-likeness (QED) is 0.739. The zero-order valence-corrected chi connectivity index (χ0v) is 16.3. The van der Waals surface area contributed by atoms with E-state index in [1.807, 2.05) is 34.0 Å². The molecule has 1 fully saturated rings. The number of carbonyl (C=O) groups is 1. The van der Waals surface area contributed by atoms with E-state index in [9.17, 15) is 4.79 Å². The summed E-state index contributed by atoms with van der Waals surface area (Å²) in [5, 5.41) is 4.37. The summed E-state index contributed by atoms with van der Waals surface area (Å²) in [5.41, 5.74) is 4.61. The van der Waals surface area contributed by atoms with Crippen molar-refractivity contribution >= 4 is 5.91 Å². The molecule has 0 spiro atoms. The molecule has 0 saturated carbocycles. The highest BCUT2D eigenvalue weighted by Crippen LogP contribution is 2.08. The van der Waals surface area contributed by atoms with Gasteiger partial charge in [0, 0.05) is 11.8 Å². The number of nitrogens with one attached hydrogen (secondary N) is 1. The van der Waals surface area contributed by atoms with Crippen molar-refractivity contribution in [3.05, 3.63) is 89.2 Å². The lowest BCUT2D eigenvalue weighted by atomic mass is 10.1. The molecule has 1 N–H and O–H groups in total. The fourth-order valence-corrected chi connectivity index (χ4v) is 3.79. The molecule has 0 atom stereocenters. The third-order valence-electron chi connectivity index (χ3n) is 5.53. The number of aryl methyl sites for hydroxylation is 1. The third kappa shape index (κ3) is 4.31. The summed E-state index contributed by atoms with van der Waals surface area (Å²) in [6, 6.07) is 18.7. The Labute approximate surface area is 166 Å². The van der Waals surface area contributed by atoms with Crippen LogP contribution in [-0.2, 0) is 13.1 Å². The van der Waals surface area contributed by atoms with Crippen molar-refractivity contribution in [1.29, 1.82) is 0 Å². The predicted molar refractivity (Wildman–Crippen MR) is 109 cm³/mol. The number of hydrogen-bond donors (Lipinski definition) is 1. The number of rotatable bonds is 5. The Balaban J connectivity index is 1.32. The van der Waals surface area contributed by atoms with Crippen LogP contribution in [0.4, 0.5) is 0 Å². The Morgan fingerprint density at radius 1 is 1.04 bits per heavy atom. The average molecular weight is 375 g/mol. The SMILES string of the molecule is Cc1ccccc1C[NH+]1CCN(C(=O)c2cnn(Cc3ccccc3)c2)CC1. The largest absolute Gasteiger partial charge is 0.328 e. The highest BCUT2D eigenvalue weighted by molar-refractivity contribution is 5.93. The highest BCUT2D eigenvalue weighted by Gasteiger charge is 2.25. The van der Waals surface area contributed by atoms with Crippen molar-refractivity contribution in [2.45, 2.75) is 20.0 Å². The predicted octanol–water partition coefficient (Wildman–Crippen LogP) is 1.78. The summed E-state index contributed by atoms with van der Waals surface area (Å²) in [6.45, 7) is 7.44. The van der Waals surface area contributed by atoms with Gasteiger partial charge in [-0.1, -0.05) is 54.6 Å². The van der Waals surface area contributed by atoms with Crippen molar-refractivity contribution in [3.63, 3.8) is 0 Å². The maximum atomic E-state index is 12.8. The van der Waals surface area contributed by atoms with Gasteiger partial charge in [0.25, 0.3) is 5.91 Å². The van der Waals surface area contributed by atoms with Gasteiger partial charge in [0.1, 0.15) is 6.54 Å². The third-order valence-corrected chi connectivity index (χ3v) is 5.53. The summed E-state index contributed by atoms with van der Waals surface area (Å²) in [4.78, 5) is 16.4. The standard InChI is InChI=1S/C23H26N4O/c1-19-7-5-6-10-21(19)17-25-11-13-26(14-12-25)23(28)22-15-24-27(18-22)16-20-8-3-2-4-9-20/h2-10,15,18H,11-14,16-17H2,1H3/p+1.